The minimum Gasteiger partial charge on any atom is -0.465 e. The molecule has 0 aliphatic rings. The molecule has 0 radical (unpaired) electrons. The molecule has 0 aliphatic heterocycles. The summed E-state index contributed by atoms with van der Waals surface area (Å²) in [6.07, 6.45) is 3.40. The maximum Gasteiger partial charge on any atom is 0.262 e. The predicted octanol–water partition coefficient (Wildman–Crippen LogP) is 1.82. The quantitative estimate of drug-likeness (QED) is 0.481. The third-order valence-electron chi connectivity index (χ3n) is 2.98. The zero-order chi connectivity index (χ0) is 15.9. The zero-order valence-electron chi connectivity index (χ0n) is 12.0. The van der Waals surface area contributed by atoms with Gasteiger partial charge in [0.15, 0.2) is 4.77 Å². The Labute approximate surface area is 132 Å². The normalized spacial score (nSPS) is 11.2. The van der Waals surface area contributed by atoms with Crippen LogP contribution in [0.2, 0.25) is 0 Å². The molecule has 22 heavy (non-hydrogen) atoms. The number of hydrogen-bond donors (Lipinski definition) is 2. The van der Waals surface area contributed by atoms with Crippen molar-refractivity contribution in [2.45, 2.75) is 19.9 Å². The van der Waals surface area contributed by atoms with E-state index in [1.54, 1.807) is 12.1 Å². The van der Waals surface area contributed by atoms with E-state index in [2.05, 4.69) is 15.5 Å². The van der Waals surface area contributed by atoms with Crippen molar-refractivity contribution >= 4 is 24.2 Å². The number of aromatic amines is 1. The molecule has 0 atom stereocenters. The molecule has 0 bridgehead atoms. The standard InChI is InChI=1S/C14H15N5O2S/c1-2-19-12(17-18-14(19)22)5-6-16-13(20)10(9-15)8-11-4-3-7-21-11/h3-4,7-8H,2,5-6H2,1H3,(H,16,20)(H,18,22)/b10-8-. The Balaban J connectivity index is 1.95. The van der Waals surface area contributed by atoms with Crippen molar-refractivity contribution < 1.29 is 9.21 Å². The molecule has 8 heteroatoms. The maximum absolute atomic E-state index is 12.0. The van der Waals surface area contributed by atoms with Crippen molar-refractivity contribution in [2.24, 2.45) is 0 Å². The van der Waals surface area contributed by atoms with E-state index < -0.39 is 5.91 Å². The van der Waals surface area contributed by atoms with Gasteiger partial charge in [-0.15, -0.1) is 0 Å². The minimum absolute atomic E-state index is 0.00990. The number of aromatic nitrogens is 3. The Morgan fingerprint density at radius 3 is 3.14 bits per heavy atom. The molecule has 2 aromatic rings. The summed E-state index contributed by atoms with van der Waals surface area (Å²) in [5.41, 5.74) is -0.00990. The highest BCUT2D eigenvalue weighted by molar-refractivity contribution is 7.71. The molecule has 0 saturated carbocycles. The molecule has 0 fully saturated rings. The summed E-state index contributed by atoms with van der Waals surface area (Å²) in [6.45, 7) is 3.03. The van der Waals surface area contributed by atoms with Crippen LogP contribution in [0, 0.1) is 16.1 Å². The van der Waals surface area contributed by atoms with Gasteiger partial charge in [-0.2, -0.15) is 10.4 Å². The SMILES string of the molecule is CCn1c(CCNC(=O)/C(C#N)=C\c2ccco2)n[nH]c1=S. The Morgan fingerprint density at radius 2 is 2.50 bits per heavy atom. The monoisotopic (exact) mass is 317 g/mol. The van der Waals surface area contributed by atoms with Gasteiger partial charge in [-0.25, -0.2) is 0 Å². The van der Waals surface area contributed by atoms with Crippen LogP contribution in [0.3, 0.4) is 0 Å². The van der Waals surface area contributed by atoms with Crippen molar-refractivity contribution in [3.8, 4) is 6.07 Å². The zero-order valence-corrected chi connectivity index (χ0v) is 12.8. The summed E-state index contributed by atoms with van der Waals surface area (Å²) in [6, 6.07) is 5.22. The molecule has 2 rings (SSSR count). The van der Waals surface area contributed by atoms with Crippen LogP contribution in [0.5, 0.6) is 0 Å². The molecule has 0 aliphatic carbocycles. The molecule has 2 N–H and O–H groups in total. The number of amides is 1. The van der Waals surface area contributed by atoms with Gasteiger partial charge in [0.05, 0.1) is 6.26 Å². The first-order chi connectivity index (χ1) is 10.7. The minimum atomic E-state index is -0.448. The third kappa shape index (κ3) is 3.71. The van der Waals surface area contributed by atoms with Gasteiger partial charge in [0.2, 0.25) is 0 Å². The first-order valence-corrected chi connectivity index (χ1v) is 7.14. The number of nitrogens with one attached hydrogen (secondary N) is 2. The van der Waals surface area contributed by atoms with E-state index in [9.17, 15) is 4.79 Å². The number of rotatable bonds is 6. The number of carbonyl (C=O) groups is 1. The van der Waals surface area contributed by atoms with Gasteiger partial charge in [-0.1, -0.05) is 0 Å². The van der Waals surface area contributed by atoms with E-state index in [0.717, 1.165) is 5.82 Å². The second-order valence-corrected chi connectivity index (χ2v) is 4.77. The van der Waals surface area contributed by atoms with Crippen LogP contribution in [-0.2, 0) is 17.8 Å². The van der Waals surface area contributed by atoms with Gasteiger partial charge < -0.3 is 14.3 Å². The number of nitrogens with zero attached hydrogens (tertiary/aromatic N) is 3. The summed E-state index contributed by atoms with van der Waals surface area (Å²) in [5, 5.41) is 18.5. The number of furan rings is 1. The second kappa shape index (κ2) is 7.38. The lowest BCUT2D eigenvalue weighted by Crippen LogP contribution is -2.27. The molecule has 1 amide bonds. The van der Waals surface area contributed by atoms with Crippen LogP contribution in [0.4, 0.5) is 0 Å². The van der Waals surface area contributed by atoms with Crippen molar-refractivity contribution in [1.29, 1.82) is 5.26 Å². The fourth-order valence-electron chi connectivity index (χ4n) is 1.91. The highest BCUT2D eigenvalue weighted by Crippen LogP contribution is 2.07. The summed E-state index contributed by atoms with van der Waals surface area (Å²) in [7, 11) is 0. The Kier molecular flexibility index (Phi) is 5.27. The lowest BCUT2D eigenvalue weighted by atomic mass is 10.2. The van der Waals surface area contributed by atoms with E-state index in [1.807, 2.05) is 17.6 Å². The van der Waals surface area contributed by atoms with Crippen LogP contribution in [-0.4, -0.2) is 27.2 Å². The van der Waals surface area contributed by atoms with Crippen molar-refractivity contribution in [2.75, 3.05) is 6.54 Å². The fourth-order valence-corrected chi connectivity index (χ4v) is 2.19. The van der Waals surface area contributed by atoms with Gasteiger partial charge in [0, 0.05) is 25.6 Å². The maximum atomic E-state index is 12.0. The van der Waals surface area contributed by atoms with Crippen molar-refractivity contribution in [1.82, 2.24) is 20.1 Å². The predicted molar refractivity (Wildman–Crippen MR) is 82.1 cm³/mol. The van der Waals surface area contributed by atoms with Crippen LogP contribution in [0.25, 0.3) is 6.08 Å². The summed E-state index contributed by atoms with van der Waals surface area (Å²) < 4.78 is 7.49. The van der Waals surface area contributed by atoms with Gasteiger partial charge in [0.25, 0.3) is 5.91 Å². The Morgan fingerprint density at radius 1 is 1.68 bits per heavy atom. The smallest absolute Gasteiger partial charge is 0.262 e. The van der Waals surface area contributed by atoms with Crippen LogP contribution in [0.15, 0.2) is 28.4 Å². The molecule has 0 spiro atoms. The lowest BCUT2D eigenvalue weighted by Gasteiger charge is -2.05. The van der Waals surface area contributed by atoms with Crippen LogP contribution < -0.4 is 5.32 Å². The third-order valence-corrected chi connectivity index (χ3v) is 3.29. The Hall–Kier alpha value is -2.66. The topological polar surface area (TPSA) is 99.6 Å². The van der Waals surface area contributed by atoms with E-state index in [0.29, 0.717) is 30.0 Å². The molecule has 2 aromatic heterocycles. The van der Waals surface area contributed by atoms with Crippen LogP contribution in [0.1, 0.15) is 18.5 Å². The molecule has 7 nitrogen and oxygen atoms in total. The molecule has 114 valence electrons. The molecule has 0 unspecified atom stereocenters. The number of hydrogen-bond acceptors (Lipinski definition) is 5. The van der Waals surface area contributed by atoms with Gasteiger partial charge in [0.1, 0.15) is 23.2 Å². The van der Waals surface area contributed by atoms with Crippen molar-refractivity contribution in [3.63, 3.8) is 0 Å². The summed E-state index contributed by atoms with van der Waals surface area (Å²) in [4.78, 5) is 12.0. The van der Waals surface area contributed by atoms with E-state index in [1.165, 1.54) is 12.3 Å². The number of carbonyl (C=O) groups excluding carboxylic acids is 1. The summed E-state index contributed by atoms with van der Waals surface area (Å²) >= 11 is 5.09. The Bertz CT molecular complexity index is 764. The lowest BCUT2D eigenvalue weighted by molar-refractivity contribution is -0.117. The largest absolute Gasteiger partial charge is 0.465 e. The average Bonchev–Trinajstić information content (AvgIpc) is 3.14. The van der Waals surface area contributed by atoms with E-state index in [4.69, 9.17) is 21.9 Å². The van der Waals surface area contributed by atoms with Crippen LogP contribution >= 0.6 is 12.2 Å². The van der Waals surface area contributed by atoms with E-state index >= 15 is 0 Å². The fraction of sp³-hybridized carbons (Fsp3) is 0.286. The highest BCUT2D eigenvalue weighted by Gasteiger charge is 2.10. The first kappa shape index (κ1) is 15.7. The van der Waals surface area contributed by atoms with Gasteiger partial charge in [-0.05, 0) is 31.3 Å². The molecule has 0 aromatic carbocycles. The molecular weight excluding hydrogens is 302 g/mol. The van der Waals surface area contributed by atoms with Gasteiger partial charge in [-0.3, -0.25) is 9.89 Å². The molecule has 0 saturated heterocycles. The first-order valence-electron chi connectivity index (χ1n) is 6.73. The summed E-state index contributed by atoms with van der Waals surface area (Å²) in [5.74, 6) is 0.774. The second-order valence-electron chi connectivity index (χ2n) is 4.38. The molecule has 2 heterocycles. The average molecular weight is 317 g/mol. The van der Waals surface area contributed by atoms with E-state index in [-0.39, 0.29) is 5.57 Å². The molecular formula is C14H15N5O2S. The van der Waals surface area contributed by atoms with Crippen molar-refractivity contribution in [3.05, 3.63) is 40.3 Å². The number of H-pyrrole nitrogens is 1. The highest BCUT2D eigenvalue weighted by atomic mass is 32.1. The number of nitriles is 1. The van der Waals surface area contributed by atoms with Gasteiger partial charge >= 0.3 is 0 Å².